The molecule has 0 N–H and O–H groups in total. The summed E-state index contributed by atoms with van der Waals surface area (Å²) in [4.78, 5) is 5.06. The van der Waals surface area contributed by atoms with Crippen LogP contribution in [0.3, 0.4) is 0 Å². The summed E-state index contributed by atoms with van der Waals surface area (Å²) in [5.41, 5.74) is 24.4. The molecule has 3 heteroatoms. The van der Waals surface area contributed by atoms with E-state index in [0.29, 0.717) is 0 Å². The van der Waals surface area contributed by atoms with Gasteiger partial charge in [-0.1, -0.05) is 230 Å². The molecule has 8 aromatic carbocycles. The number of aryl methyl sites for hydroxylation is 4. The SMILES string of the molecule is C/C=C\C(=C/C)C(C)(C)c1ccc(C)c(B2c3cc(C(C)(C)c4ccccc4)ccc3N(c3ccc(C(C)(C)c4ccccc4)cc3)c3cc(N(c4ccc(C(C)(C)C)cc4)c4ccc(C)cc4C)cc(C)c32)c1. The van der Waals surface area contributed by atoms with E-state index in [2.05, 4.69) is 308 Å². The third kappa shape index (κ3) is 9.51. The Labute approximate surface area is 445 Å². The van der Waals surface area contributed by atoms with E-state index in [0.717, 1.165) is 17.1 Å². The van der Waals surface area contributed by atoms with Gasteiger partial charge in [0.2, 0.25) is 6.71 Å². The molecule has 0 saturated carbocycles. The average molecular weight is 969 g/mol. The molecule has 1 heterocycles. The summed E-state index contributed by atoms with van der Waals surface area (Å²) < 4.78 is 0. The van der Waals surface area contributed by atoms with Gasteiger partial charge in [0.15, 0.2) is 0 Å². The van der Waals surface area contributed by atoms with Crippen LogP contribution in [0.4, 0.5) is 34.1 Å². The van der Waals surface area contributed by atoms with E-state index >= 15 is 0 Å². The summed E-state index contributed by atoms with van der Waals surface area (Å²) in [6, 6.07) is 67.1. The maximum atomic E-state index is 2.58. The molecule has 74 heavy (non-hydrogen) atoms. The summed E-state index contributed by atoms with van der Waals surface area (Å²) in [7, 11) is 0. The standard InChI is InChI=1S/C71H77BN2/c1-16-24-52(17-2)69(10,11)57-31-30-49(4)62(45-57)72-63-46-58(71(14,15)55-27-22-19-23-28-55)36-42-65(63)74(60-39-34-56(35-40-60)70(12,13)54-25-20-18-21-26-54)66-47-61(44-51(6)67(66)72)73(64-41-29-48(3)43-50(64)5)59-37-32-53(33-38-59)68(7,8)9/h16-47H,1-15H3/b24-16-,52-17+. The van der Waals surface area contributed by atoms with Crippen molar-refractivity contribution in [2.75, 3.05) is 9.80 Å². The van der Waals surface area contributed by atoms with E-state index in [1.54, 1.807) is 0 Å². The maximum Gasteiger partial charge on any atom is 0.247 e. The molecule has 1 aliphatic heterocycles. The number of rotatable bonds is 12. The van der Waals surface area contributed by atoms with Crippen LogP contribution in [0.5, 0.6) is 0 Å². The van der Waals surface area contributed by atoms with Crippen molar-refractivity contribution < 1.29 is 0 Å². The normalized spacial score (nSPS) is 13.3. The fraction of sp³-hybridized carbons (Fsp3) is 0.268. The third-order valence-corrected chi connectivity index (χ3v) is 16.6. The second-order valence-electron chi connectivity index (χ2n) is 23.6. The van der Waals surface area contributed by atoms with Crippen LogP contribution in [0.15, 0.2) is 200 Å². The van der Waals surface area contributed by atoms with Gasteiger partial charge in [0, 0.05) is 50.4 Å². The van der Waals surface area contributed by atoms with E-state index in [4.69, 9.17) is 0 Å². The van der Waals surface area contributed by atoms with Gasteiger partial charge in [-0.2, -0.15) is 0 Å². The molecule has 0 spiro atoms. The lowest BCUT2D eigenvalue weighted by molar-refractivity contribution is 0.590. The second kappa shape index (κ2) is 20.0. The summed E-state index contributed by atoms with van der Waals surface area (Å²) in [6.45, 7) is 34.4. The first-order valence-corrected chi connectivity index (χ1v) is 26.9. The molecule has 9 rings (SSSR count). The highest BCUT2D eigenvalue weighted by Gasteiger charge is 2.40. The molecule has 0 amide bonds. The van der Waals surface area contributed by atoms with Crippen molar-refractivity contribution in [1.82, 2.24) is 0 Å². The summed E-state index contributed by atoms with van der Waals surface area (Å²) in [6.07, 6.45) is 6.72. The first-order valence-electron chi connectivity index (χ1n) is 26.9. The molecular formula is C71H77BN2. The van der Waals surface area contributed by atoms with Crippen LogP contribution in [0.25, 0.3) is 0 Å². The van der Waals surface area contributed by atoms with Gasteiger partial charge in [0.1, 0.15) is 0 Å². The zero-order valence-corrected chi connectivity index (χ0v) is 46.9. The Kier molecular flexibility index (Phi) is 14.0. The number of anilines is 6. The van der Waals surface area contributed by atoms with Crippen molar-refractivity contribution in [2.24, 2.45) is 0 Å². The van der Waals surface area contributed by atoms with Crippen LogP contribution in [0, 0.1) is 27.7 Å². The fourth-order valence-electron chi connectivity index (χ4n) is 11.7. The quantitative estimate of drug-likeness (QED) is 0.0889. The lowest BCUT2D eigenvalue weighted by Gasteiger charge is -2.41. The van der Waals surface area contributed by atoms with Crippen molar-refractivity contribution in [3.05, 3.63) is 255 Å². The summed E-state index contributed by atoms with van der Waals surface area (Å²) >= 11 is 0. The molecule has 0 aromatic heterocycles. The monoisotopic (exact) mass is 969 g/mol. The Morgan fingerprint density at radius 1 is 0.459 bits per heavy atom. The minimum atomic E-state index is -0.253. The van der Waals surface area contributed by atoms with Gasteiger partial charge in [-0.25, -0.2) is 0 Å². The largest absolute Gasteiger partial charge is 0.311 e. The van der Waals surface area contributed by atoms with Gasteiger partial charge >= 0.3 is 0 Å². The average Bonchev–Trinajstić information content (AvgIpc) is 3.40. The van der Waals surface area contributed by atoms with Crippen molar-refractivity contribution in [1.29, 1.82) is 0 Å². The van der Waals surface area contributed by atoms with E-state index in [1.165, 1.54) is 94.7 Å². The number of hydrogen-bond acceptors (Lipinski definition) is 2. The van der Waals surface area contributed by atoms with E-state index < -0.39 is 0 Å². The minimum absolute atomic E-state index is 0.0300. The van der Waals surface area contributed by atoms with Crippen LogP contribution >= 0.6 is 0 Å². The van der Waals surface area contributed by atoms with Crippen molar-refractivity contribution in [3.8, 4) is 0 Å². The molecule has 8 aromatic rings. The van der Waals surface area contributed by atoms with Gasteiger partial charge in [-0.15, -0.1) is 0 Å². The molecule has 0 aliphatic carbocycles. The molecule has 1 aliphatic rings. The Morgan fingerprint density at radius 2 is 1.01 bits per heavy atom. The van der Waals surface area contributed by atoms with Gasteiger partial charge in [-0.05, 0) is 151 Å². The van der Waals surface area contributed by atoms with Gasteiger partial charge in [0.05, 0.1) is 0 Å². The van der Waals surface area contributed by atoms with E-state index in [9.17, 15) is 0 Å². The molecule has 0 atom stereocenters. The highest BCUT2D eigenvalue weighted by Crippen LogP contribution is 2.45. The highest BCUT2D eigenvalue weighted by atomic mass is 15.2. The first-order chi connectivity index (χ1) is 35.2. The molecule has 0 radical (unpaired) electrons. The summed E-state index contributed by atoms with van der Waals surface area (Å²) in [5, 5.41) is 0. The predicted molar refractivity (Wildman–Crippen MR) is 323 cm³/mol. The first kappa shape index (κ1) is 51.8. The topological polar surface area (TPSA) is 6.48 Å². The van der Waals surface area contributed by atoms with E-state index in [-0.39, 0.29) is 28.4 Å². The highest BCUT2D eigenvalue weighted by molar-refractivity contribution is 6.98. The Bertz CT molecular complexity index is 3380. The van der Waals surface area contributed by atoms with Crippen LogP contribution in [-0.4, -0.2) is 6.71 Å². The van der Waals surface area contributed by atoms with Gasteiger partial charge in [-0.3, -0.25) is 0 Å². The Balaban J connectivity index is 1.36. The lowest BCUT2D eigenvalue weighted by Crippen LogP contribution is -2.59. The molecule has 0 fully saturated rings. The maximum absolute atomic E-state index is 2.58. The van der Waals surface area contributed by atoms with Crippen molar-refractivity contribution >= 4 is 57.2 Å². The van der Waals surface area contributed by atoms with Crippen LogP contribution in [-0.2, 0) is 21.7 Å². The molecule has 0 bridgehead atoms. The second-order valence-corrected chi connectivity index (χ2v) is 23.6. The van der Waals surface area contributed by atoms with E-state index in [1.807, 2.05) is 0 Å². The minimum Gasteiger partial charge on any atom is -0.311 e. The zero-order chi connectivity index (χ0) is 52.9. The zero-order valence-electron chi connectivity index (χ0n) is 46.9. The molecule has 374 valence electrons. The Morgan fingerprint density at radius 3 is 1.59 bits per heavy atom. The van der Waals surface area contributed by atoms with Crippen LogP contribution in [0.1, 0.15) is 132 Å². The number of hydrogen-bond donors (Lipinski definition) is 0. The lowest BCUT2D eigenvalue weighted by atomic mass is 9.33. The molecule has 0 saturated heterocycles. The summed E-state index contributed by atoms with van der Waals surface area (Å²) in [5.74, 6) is 0. The predicted octanol–water partition coefficient (Wildman–Crippen LogP) is 17.4. The number of nitrogens with zero attached hydrogens (tertiary/aromatic N) is 2. The molecular weight excluding hydrogens is 892 g/mol. The van der Waals surface area contributed by atoms with Gasteiger partial charge < -0.3 is 9.80 Å². The molecule has 2 nitrogen and oxygen atoms in total. The van der Waals surface area contributed by atoms with Gasteiger partial charge in [0.25, 0.3) is 0 Å². The number of allylic oxidation sites excluding steroid dienone is 4. The number of benzene rings is 8. The van der Waals surface area contributed by atoms with Crippen molar-refractivity contribution in [2.45, 2.75) is 126 Å². The third-order valence-electron chi connectivity index (χ3n) is 16.6. The molecule has 0 unspecified atom stereocenters. The fourth-order valence-corrected chi connectivity index (χ4v) is 11.7. The number of fused-ring (bicyclic) bond motifs is 2. The van der Waals surface area contributed by atoms with Crippen molar-refractivity contribution in [3.63, 3.8) is 0 Å². The van der Waals surface area contributed by atoms with Crippen LogP contribution < -0.4 is 26.2 Å². The van der Waals surface area contributed by atoms with Crippen LogP contribution in [0.2, 0.25) is 0 Å². The smallest absolute Gasteiger partial charge is 0.247 e. The Hall–Kier alpha value is -7.10.